The van der Waals surface area contributed by atoms with Crippen molar-refractivity contribution in [2.24, 2.45) is 0 Å². The van der Waals surface area contributed by atoms with Crippen LogP contribution in [-0.4, -0.2) is 17.0 Å². The van der Waals surface area contributed by atoms with Crippen LogP contribution in [0.2, 0.25) is 0 Å². The van der Waals surface area contributed by atoms with E-state index in [1.165, 1.54) is 0 Å². The molecule has 5 heteroatoms. The van der Waals surface area contributed by atoms with E-state index < -0.39 is 0 Å². The van der Waals surface area contributed by atoms with Gasteiger partial charge in [-0.2, -0.15) is 0 Å². The summed E-state index contributed by atoms with van der Waals surface area (Å²) in [5.74, 6) is 2.10. The first-order valence-corrected chi connectivity index (χ1v) is 6.94. The van der Waals surface area contributed by atoms with Crippen molar-refractivity contribution >= 4 is 21.7 Å². The summed E-state index contributed by atoms with van der Waals surface area (Å²) < 4.78 is 6.39. The number of rotatable bonds is 2. The average Bonchev–Trinajstić information content (AvgIpc) is 2.74. The minimum absolute atomic E-state index is 0.0807. The van der Waals surface area contributed by atoms with Gasteiger partial charge in [0, 0.05) is 12.5 Å². The number of nitrogens with zero attached hydrogens (tertiary/aromatic N) is 2. The van der Waals surface area contributed by atoms with Crippen LogP contribution < -0.4 is 5.32 Å². The molecule has 19 heavy (non-hydrogen) atoms. The van der Waals surface area contributed by atoms with Crippen LogP contribution in [-0.2, 0) is 5.41 Å². The van der Waals surface area contributed by atoms with Gasteiger partial charge in [-0.25, -0.2) is 9.97 Å². The van der Waals surface area contributed by atoms with Crippen LogP contribution in [0.5, 0.6) is 0 Å². The first-order chi connectivity index (χ1) is 8.84. The van der Waals surface area contributed by atoms with Crippen LogP contribution in [0.3, 0.4) is 0 Å². The fourth-order valence-corrected chi connectivity index (χ4v) is 2.78. The number of furan rings is 1. The van der Waals surface area contributed by atoms with E-state index in [4.69, 9.17) is 4.42 Å². The highest BCUT2D eigenvalue weighted by Crippen LogP contribution is 2.34. The maximum absolute atomic E-state index is 5.49. The molecule has 0 bridgehead atoms. The third-order valence-corrected chi connectivity index (χ3v) is 3.61. The topological polar surface area (TPSA) is 51.0 Å². The average molecular weight is 324 g/mol. The summed E-state index contributed by atoms with van der Waals surface area (Å²) in [5.41, 5.74) is 1.91. The Morgan fingerprint density at radius 3 is 2.42 bits per heavy atom. The van der Waals surface area contributed by atoms with E-state index in [0.717, 1.165) is 27.3 Å². The summed E-state index contributed by atoms with van der Waals surface area (Å²) in [5, 5.41) is 3.09. The lowest BCUT2D eigenvalue weighted by Gasteiger charge is -2.21. The van der Waals surface area contributed by atoms with Gasteiger partial charge in [-0.15, -0.1) is 0 Å². The molecular formula is C14H18BrN3O. The number of halogens is 1. The second kappa shape index (κ2) is 4.96. The molecule has 0 aliphatic rings. The molecule has 1 N–H and O–H groups in total. The molecule has 0 unspecified atom stereocenters. The lowest BCUT2D eigenvalue weighted by molar-refractivity contribution is 0.554. The first kappa shape index (κ1) is 14.1. The van der Waals surface area contributed by atoms with Crippen LogP contribution in [0.25, 0.3) is 11.6 Å². The molecular weight excluding hydrogens is 306 g/mol. The second-order valence-electron chi connectivity index (χ2n) is 5.49. The fourth-order valence-electron chi connectivity index (χ4n) is 1.81. The second-order valence-corrected chi connectivity index (χ2v) is 6.28. The summed E-state index contributed by atoms with van der Waals surface area (Å²) in [6, 6.07) is 1.91. The van der Waals surface area contributed by atoms with Gasteiger partial charge in [-0.05, 0) is 34.5 Å². The maximum Gasteiger partial charge on any atom is 0.198 e. The smallest absolute Gasteiger partial charge is 0.198 e. The van der Waals surface area contributed by atoms with Crippen molar-refractivity contribution in [1.29, 1.82) is 0 Å². The molecule has 0 saturated heterocycles. The van der Waals surface area contributed by atoms with Gasteiger partial charge in [0.2, 0.25) is 0 Å². The summed E-state index contributed by atoms with van der Waals surface area (Å²) in [6.07, 6.45) is 1.66. The highest BCUT2D eigenvalue weighted by Gasteiger charge is 2.24. The van der Waals surface area contributed by atoms with Crippen LogP contribution in [0.1, 0.15) is 32.0 Å². The Labute approximate surface area is 121 Å². The molecule has 0 aliphatic carbocycles. The predicted molar refractivity (Wildman–Crippen MR) is 80.4 cm³/mol. The van der Waals surface area contributed by atoms with Crippen molar-refractivity contribution in [3.63, 3.8) is 0 Å². The fraction of sp³-hybridized carbons (Fsp3) is 0.429. The predicted octanol–water partition coefficient (Wildman–Crippen LogP) is 4.15. The van der Waals surface area contributed by atoms with Crippen molar-refractivity contribution in [2.75, 3.05) is 12.4 Å². The summed E-state index contributed by atoms with van der Waals surface area (Å²) >= 11 is 3.58. The zero-order valence-corrected chi connectivity index (χ0v) is 13.4. The Morgan fingerprint density at radius 1 is 1.26 bits per heavy atom. The highest BCUT2D eigenvalue weighted by atomic mass is 79.9. The van der Waals surface area contributed by atoms with Crippen LogP contribution >= 0.6 is 15.9 Å². The number of hydrogen-bond donors (Lipinski definition) is 1. The number of hydrogen-bond acceptors (Lipinski definition) is 4. The Kier molecular flexibility index (Phi) is 3.67. The Hall–Kier alpha value is -1.36. The summed E-state index contributed by atoms with van der Waals surface area (Å²) in [4.78, 5) is 9.17. The van der Waals surface area contributed by atoms with Crippen LogP contribution in [0.4, 0.5) is 5.82 Å². The van der Waals surface area contributed by atoms with E-state index in [-0.39, 0.29) is 5.41 Å². The van der Waals surface area contributed by atoms with Gasteiger partial charge in [-0.3, -0.25) is 0 Å². The van der Waals surface area contributed by atoms with E-state index in [2.05, 4.69) is 52.0 Å². The van der Waals surface area contributed by atoms with Gasteiger partial charge in [-0.1, -0.05) is 20.8 Å². The zero-order valence-electron chi connectivity index (χ0n) is 11.8. The quantitative estimate of drug-likeness (QED) is 0.902. The maximum atomic E-state index is 5.49. The molecule has 2 aromatic rings. The number of nitrogens with one attached hydrogen (secondary N) is 1. The molecule has 102 valence electrons. The third-order valence-electron chi connectivity index (χ3n) is 2.86. The zero-order chi connectivity index (χ0) is 14.2. The normalized spacial score (nSPS) is 11.7. The number of anilines is 1. The Morgan fingerprint density at radius 2 is 1.95 bits per heavy atom. The van der Waals surface area contributed by atoms with E-state index in [1.807, 2.05) is 20.0 Å². The van der Waals surface area contributed by atoms with E-state index in [9.17, 15) is 0 Å². The number of aryl methyl sites for hydroxylation is 1. The van der Waals surface area contributed by atoms with Gasteiger partial charge in [0.05, 0.1) is 16.4 Å². The molecule has 0 aromatic carbocycles. The summed E-state index contributed by atoms with van der Waals surface area (Å²) in [6.45, 7) is 8.36. The van der Waals surface area contributed by atoms with Gasteiger partial charge < -0.3 is 9.73 Å². The largest absolute Gasteiger partial charge is 0.461 e. The minimum atomic E-state index is -0.0807. The van der Waals surface area contributed by atoms with Gasteiger partial charge in [0.25, 0.3) is 0 Å². The molecule has 0 radical (unpaired) electrons. The number of aromatic nitrogens is 2. The molecule has 2 heterocycles. The first-order valence-electron chi connectivity index (χ1n) is 6.15. The molecule has 0 amide bonds. The molecule has 0 fully saturated rings. The standard InChI is InChI=1S/C14H18BrN3O/c1-8-6-7-19-10(8)13-17-11(14(2,3)4)9(15)12(16-5)18-13/h6-7H,1-5H3,(H,16,17,18). The van der Waals surface area contributed by atoms with Crippen LogP contribution in [0, 0.1) is 6.92 Å². The minimum Gasteiger partial charge on any atom is -0.461 e. The van der Waals surface area contributed by atoms with Crippen molar-refractivity contribution in [1.82, 2.24) is 9.97 Å². The van der Waals surface area contributed by atoms with Crippen LogP contribution in [0.15, 0.2) is 21.2 Å². The van der Waals surface area contributed by atoms with E-state index >= 15 is 0 Å². The van der Waals surface area contributed by atoms with E-state index in [1.54, 1.807) is 6.26 Å². The lowest BCUT2D eigenvalue weighted by atomic mass is 9.92. The Balaban J connectivity index is 2.68. The van der Waals surface area contributed by atoms with Gasteiger partial charge in [0.1, 0.15) is 5.82 Å². The Bertz CT molecular complexity index is 599. The lowest BCUT2D eigenvalue weighted by Crippen LogP contribution is -2.17. The van der Waals surface area contributed by atoms with Crippen molar-refractivity contribution in [3.8, 4) is 11.6 Å². The molecule has 0 spiro atoms. The third kappa shape index (κ3) is 2.66. The molecule has 2 aromatic heterocycles. The monoisotopic (exact) mass is 323 g/mol. The van der Waals surface area contributed by atoms with Crippen molar-refractivity contribution in [3.05, 3.63) is 28.1 Å². The molecule has 0 atom stereocenters. The van der Waals surface area contributed by atoms with E-state index in [0.29, 0.717) is 5.82 Å². The molecule has 0 aliphatic heterocycles. The SMILES string of the molecule is CNc1nc(-c2occc2C)nc(C(C)(C)C)c1Br. The van der Waals surface area contributed by atoms with Crippen molar-refractivity contribution in [2.45, 2.75) is 33.1 Å². The van der Waals surface area contributed by atoms with Gasteiger partial charge in [0.15, 0.2) is 11.6 Å². The molecule has 0 saturated carbocycles. The molecule has 2 rings (SSSR count). The van der Waals surface area contributed by atoms with Gasteiger partial charge >= 0.3 is 0 Å². The summed E-state index contributed by atoms with van der Waals surface area (Å²) in [7, 11) is 1.85. The van der Waals surface area contributed by atoms with Crippen molar-refractivity contribution < 1.29 is 4.42 Å². The highest BCUT2D eigenvalue weighted by molar-refractivity contribution is 9.10. The molecule has 4 nitrogen and oxygen atoms in total.